The zero-order valence-corrected chi connectivity index (χ0v) is 19.7. The van der Waals surface area contributed by atoms with Crippen LogP contribution in [-0.2, 0) is 25.4 Å². The minimum Gasteiger partial charge on any atom is -0.371 e. The molecule has 4 saturated heterocycles. The first kappa shape index (κ1) is 21.4. The van der Waals surface area contributed by atoms with Crippen LogP contribution in [0.3, 0.4) is 0 Å². The summed E-state index contributed by atoms with van der Waals surface area (Å²) in [7, 11) is 0. The third-order valence-electron chi connectivity index (χ3n) is 7.00. The van der Waals surface area contributed by atoms with Gasteiger partial charge in [0.1, 0.15) is 0 Å². The Labute approximate surface area is 196 Å². The molecule has 4 heterocycles. The monoisotopic (exact) mass is 450 g/mol. The third-order valence-corrected chi connectivity index (χ3v) is 7.00. The van der Waals surface area contributed by atoms with Gasteiger partial charge in [-0.3, -0.25) is 0 Å². The van der Waals surface area contributed by atoms with E-state index in [1.165, 1.54) is 33.6 Å². The molecule has 0 bridgehead atoms. The second-order valence-corrected chi connectivity index (χ2v) is 9.83. The highest BCUT2D eigenvalue weighted by Gasteiger charge is 2.32. The Bertz CT molecular complexity index is 968. The van der Waals surface area contributed by atoms with Gasteiger partial charge in [0.05, 0.1) is 50.8 Å². The van der Waals surface area contributed by atoms with E-state index in [1.807, 2.05) is 0 Å². The van der Waals surface area contributed by atoms with E-state index in [0.717, 1.165) is 59.0 Å². The molecule has 4 aliphatic rings. The van der Waals surface area contributed by atoms with Gasteiger partial charge in [0.25, 0.3) is 0 Å². The van der Waals surface area contributed by atoms with E-state index in [0.29, 0.717) is 24.4 Å². The van der Waals surface area contributed by atoms with E-state index in [4.69, 9.17) is 18.9 Å². The summed E-state index contributed by atoms with van der Waals surface area (Å²) in [5.41, 5.74) is 7.84. The maximum absolute atomic E-state index is 5.54. The van der Waals surface area contributed by atoms with Crippen LogP contribution in [0.25, 0.3) is 11.1 Å². The Balaban J connectivity index is 1.28. The van der Waals surface area contributed by atoms with Gasteiger partial charge in [0.2, 0.25) is 0 Å². The van der Waals surface area contributed by atoms with Crippen molar-refractivity contribution in [1.29, 1.82) is 0 Å². The van der Waals surface area contributed by atoms with E-state index in [-0.39, 0.29) is 0 Å². The van der Waals surface area contributed by atoms with Crippen molar-refractivity contribution in [2.75, 3.05) is 62.4 Å². The molecule has 4 fully saturated rings. The number of hydrogen-bond acceptors (Lipinski definition) is 6. The topological polar surface area (TPSA) is 56.6 Å². The SMILES string of the molecule is CCc1cc(-c2cc(N(CC3CO3)CC3CO3)ccc2C)ccc1N(CC1CO1)CC1CO1. The standard InChI is InChI=1S/C27H34N2O4/c1-3-19-8-20(5-7-27(19)29(12-24-16-32-24)13-25-17-33-25)26-9-21(6-4-18(26)2)28(10-22-14-30-22)11-23-15-31-23/h4-9,22-25H,3,10-17H2,1-2H3. The van der Waals surface area contributed by atoms with Crippen LogP contribution in [-0.4, -0.2) is 77.0 Å². The number of ether oxygens (including phenoxy) is 4. The fourth-order valence-electron chi connectivity index (χ4n) is 4.70. The molecule has 6 nitrogen and oxygen atoms in total. The predicted molar refractivity (Wildman–Crippen MR) is 129 cm³/mol. The molecule has 4 unspecified atom stereocenters. The summed E-state index contributed by atoms with van der Waals surface area (Å²) in [6.07, 6.45) is 2.44. The summed E-state index contributed by atoms with van der Waals surface area (Å²) in [4.78, 5) is 4.90. The Morgan fingerprint density at radius 3 is 1.79 bits per heavy atom. The van der Waals surface area contributed by atoms with Gasteiger partial charge in [-0.25, -0.2) is 0 Å². The smallest absolute Gasteiger partial charge is 0.0984 e. The summed E-state index contributed by atoms with van der Waals surface area (Å²) in [6, 6.07) is 13.8. The molecule has 0 aromatic heterocycles. The van der Waals surface area contributed by atoms with E-state index in [2.05, 4.69) is 60.0 Å². The van der Waals surface area contributed by atoms with Crippen LogP contribution in [0.5, 0.6) is 0 Å². The fourth-order valence-corrected chi connectivity index (χ4v) is 4.70. The molecule has 6 rings (SSSR count). The summed E-state index contributed by atoms with van der Waals surface area (Å²) in [6.45, 7) is 11.7. The van der Waals surface area contributed by atoms with E-state index < -0.39 is 0 Å². The maximum atomic E-state index is 5.54. The third kappa shape index (κ3) is 5.35. The average Bonchev–Trinajstić information content (AvgIpc) is 3.63. The van der Waals surface area contributed by atoms with Gasteiger partial charge in [-0.1, -0.05) is 19.1 Å². The average molecular weight is 451 g/mol. The van der Waals surface area contributed by atoms with Gasteiger partial charge in [0.15, 0.2) is 0 Å². The van der Waals surface area contributed by atoms with E-state index in [1.54, 1.807) is 0 Å². The van der Waals surface area contributed by atoms with Crippen LogP contribution in [0.1, 0.15) is 18.1 Å². The van der Waals surface area contributed by atoms with Gasteiger partial charge < -0.3 is 28.7 Å². The van der Waals surface area contributed by atoms with Gasteiger partial charge in [0, 0.05) is 37.6 Å². The summed E-state index contributed by atoms with van der Waals surface area (Å²) < 4.78 is 22.1. The minimum absolute atomic E-state index is 0.358. The summed E-state index contributed by atoms with van der Waals surface area (Å²) >= 11 is 0. The molecule has 4 aliphatic heterocycles. The lowest BCUT2D eigenvalue weighted by Crippen LogP contribution is -2.32. The molecule has 0 aliphatic carbocycles. The molecule has 176 valence electrons. The number of hydrogen-bond donors (Lipinski definition) is 0. The van der Waals surface area contributed by atoms with Crippen LogP contribution < -0.4 is 9.80 Å². The molecule has 33 heavy (non-hydrogen) atoms. The lowest BCUT2D eigenvalue weighted by atomic mass is 9.96. The molecule has 6 heteroatoms. The molecule has 0 saturated carbocycles. The van der Waals surface area contributed by atoms with Gasteiger partial charge >= 0.3 is 0 Å². The number of aryl methyl sites for hydroxylation is 2. The van der Waals surface area contributed by atoms with Crippen molar-refractivity contribution in [3.05, 3.63) is 47.5 Å². The Hall–Kier alpha value is -2.12. The van der Waals surface area contributed by atoms with E-state index >= 15 is 0 Å². The highest BCUT2D eigenvalue weighted by molar-refractivity contribution is 5.75. The Morgan fingerprint density at radius 1 is 0.727 bits per heavy atom. The molecular weight excluding hydrogens is 416 g/mol. The number of rotatable bonds is 12. The molecule has 0 amide bonds. The number of nitrogens with zero attached hydrogens (tertiary/aromatic N) is 2. The normalized spacial score (nSPS) is 26.7. The van der Waals surface area contributed by atoms with E-state index in [9.17, 15) is 0 Å². The van der Waals surface area contributed by atoms with Crippen LogP contribution in [0.4, 0.5) is 11.4 Å². The van der Waals surface area contributed by atoms with Crippen LogP contribution >= 0.6 is 0 Å². The van der Waals surface area contributed by atoms with Gasteiger partial charge in [-0.2, -0.15) is 0 Å². The Kier molecular flexibility index (Phi) is 5.78. The van der Waals surface area contributed by atoms with Crippen molar-refractivity contribution >= 4 is 11.4 Å². The fraction of sp³-hybridized carbons (Fsp3) is 0.556. The van der Waals surface area contributed by atoms with Crippen LogP contribution in [0.15, 0.2) is 36.4 Å². The zero-order chi connectivity index (χ0) is 22.4. The number of epoxide rings is 4. The second-order valence-electron chi connectivity index (χ2n) is 9.83. The minimum atomic E-state index is 0.358. The predicted octanol–water partition coefficient (Wildman–Crippen LogP) is 3.43. The highest BCUT2D eigenvalue weighted by Crippen LogP contribution is 2.34. The maximum Gasteiger partial charge on any atom is 0.0984 e. The first-order chi connectivity index (χ1) is 16.2. The van der Waals surface area contributed by atoms with Crippen molar-refractivity contribution in [2.24, 2.45) is 0 Å². The van der Waals surface area contributed by atoms with Crippen molar-refractivity contribution in [2.45, 2.75) is 44.7 Å². The van der Waals surface area contributed by atoms with Crippen LogP contribution in [0, 0.1) is 6.92 Å². The number of benzene rings is 2. The van der Waals surface area contributed by atoms with Crippen LogP contribution in [0.2, 0.25) is 0 Å². The first-order valence-corrected chi connectivity index (χ1v) is 12.4. The van der Waals surface area contributed by atoms with Gasteiger partial charge in [-0.15, -0.1) is 0 Å². The lowest BCUT2D eigenvalue weighted by molar-refractivity contribution is 0.388. The molecule has 2 aromatic rings. The molecule has 4 atom stereocenters. The van der Waals surface area contributed by atoms with Gasteiger partial charge in [-0.05, 0) is 59.9 Å². The molecule has 0 spiro atoms. The quantitative estimate of drug-likeness (QED) is 0.462. The van der Waals surface area contributed by atoms with Crippen molar-refractivity contribution in [3.63, 3.8) is 0 Å². The van der Waals surface area contributed by atoms with Crippen molar-refractivity contribution < 1.29 is 18.9 Å². The number of anilines is 2. The molecule has 2 aromatic carbocycles. The lowest BCUT2D eigenvalue weighted by Gasteiger charge is -2.27. The molecule has 0 radical (unpaired) electrons. The second kappa shape index (κ2) is 8.91. The van der Waals surface area contributed by atoms with Crippen molar-refractivity contribution in [3.8, 4) is 11.1 Å². The van der Waals surface area contributed by atoms with Crippen molar-refractivity contribution in [1.82, 2.24) is 0 Å². The largest absolute Gasteiger partial charge is 0.371 e. The highest BCUT2D eigenvalue weighted by atomic mass is 16.6. The Morgan fingerprint density at radius 2 is 1.27 bits per heavy atom. The molecular formula is C27H34N2O4. The zero-order valence-electron chi connectivity index (χ0n) is 19.7. The molecule has 0 N–H and O–H groups in total. The summed E-state index contributed by atoms with van der Waals surface area (Å²) in [5, 5.41) is 0. The first-order valence-electron chi connectivity index (χ1n) is 12.4. The summed E-state index contributed by atoms with van der Waals surface area (Å²) in [5.74, 6) is 0.